The van der Waals surface area contributed by atoms with E-state index in [1.807, 2.05) is 38.7 Å². The van der Waals surface area contributed by atoms with Gasteiger partial charge in [-0.25, -0.2) is 9.18 Å². The Morgan fingerprint density at radius 1 is 1.14 bits per heavy atom. The number of rotatable bonds is 4. The first kappa shape index (κ1) is 29.0. The van der Waals surface area contributed by atoms with Crippen LogP contribution in [0.5, 0.6) is 5.75 Å². The number of piperazine rings is 1. The summed E-state index contributed by atoms with van der Waals surface area (Å²) in [5.74, 6) is -0.774. The average Bonchev–Trinajstić information content (AvgIpc) is 2.98. The molecule has 0 spiro atoms. The highest BCUT2D eigenvalue weighted by Crippen LogP contribution is 2.39. The summed E-state index contributed by atoms with van der Waals surface area (Å²) in [4.78, 5) is 56.2. The summed E-state index contributed by atoms with van der Waals surface area (Å²) < 4.78 is 16.9. The Kier molecular flexibility index (Phi) is 6.98. The highest BCUT2D eigenvalue weighted by Gasteiger charge is 2.31. The first-order valence-electron chi connectivity index (χ1n) is 14.5. The number of H-pyrrole nitrogens is 1. The molecule has 226 valence electrons. The van der Waals surface area contributed by atoms with Crippen molar-refractivity contribution in [3.8, 4) is 11.4 Å². The fourth-order valence-electron chi connectivity index (χ4n) is 6.48. The van der Waals surface area contributed by atoms with Crippen molar-refractivity contribution >= 4 is 44.3 Å². The number of carbonyl (C=O) groups excluding carboxylic acids is 1. The molecule has 4 heterocycles. The second kappa shape index (κ2) is 10.6. The number of hydrogen-bond acceptors (Lipinski definition) is 7. The zero-order chi connectivity index (χ0) is 31.6. The van der Waals surface area contributed by atoms with E-state index in [-0.39, 0.29) is 50.8 Å². The largest absolute Gasteiger partial charge is 0.506 e. The molecule has 3 aromatic heterocycles. The fraction of sp³-hybridized carbons (Fsp3) is 0.303. The van der Waals surface area contributed by atoms with Gasteiger partial charge in [0.05, 0.1) is 27.8 Å². The Morgan fingerprint density at radius 2 is 1.89 bits per heavy atom. The quantitative estimate of drug-likeness (QED) is 0.230. The number of carbonyl (C=O) groups is 1. The van der Waals surface area contributed by atoms with Crippen LogP contribution in [0.2, 0.25) is 0 Å². The van der Waals surface area contributed by atoms with E-state index >= 15 is 4.39 Å². The van der Waals surface area contributed by atoms with E-state index in [0.717, 1.165) is 11.6 Å². The number of aryl methyl sites for hydroxylation is 2. The van der Waals surface area contributed by atoms with Crippen molar-refractivity contribution in [3.05, 3.63) is 86.6 Å². The second-order valence-electron chi connectivity index (χ2n) is 11.7. The van der Waals surface area contributed by atoms with Gasteiger partial charge in [-0.05, 0) is 68.2 Å². The zero-order valence-corrected chi connectivity index (χ0v) is 25.2. The Balaban J connectivity index is 1.81. The first-order chi connectivity index (χ1) is 20.9. The van der Waals surface area contributed by atoms with Crippen molar-refractivity contribution in [1.29, 1.82) is 0 Å². The van der Waals surface area contributed by atoms with Crippen LogP contribution in [0.3, 0.4) is 0 Å². The number of aromatic amines is 1. The number of nitrogens with one attached hydrogen (secondary N) is 1. The monoisotopic (exact) mass is 596 g/mol. The van der Waals surface area contributed by atoms with Gasteiger partial charge in [-0.15, -0.1) is 0 Å². The molecular formula is C33H33FN6O4. The molecule has 2 aromatic carbocycles. The minimum absolute atomic E-state index is 0.0230. The van der Waals surface area contributed by atoms with Crippen LogP contribution in [0.1, 0.15) is 43.5 Å². The molecule has 0 saturated carbocycles. The standard InChI is InChI=1S/C33H33FN6O4/c1-7-23(42)38-12-13-39(19(6)15-38)31-20-14-18(5)24-25-21(34)8-9-22(41)28(25)36-32(43)26(24)30(20)40(33(44)37-31)29-17(4)10-11-35-27(29)16(2)3/h7-11,14,16,19,41H,1,12-13,15H2,2-6H3,(H,36,43)/t19-/m0/s1. The number of amides is 1. The number of hydrogen-bond donors (Lipinski definition) is 2. The van der Waals surface area contributed by atoms with Crippen molar-refractivity contribution in [1.82, 2.24) is 24.4 Å². The van der Waals surface area contributed by atoms with Crippen LogP contribution in [0.4, 0.5) is 10.2 Å². The SMILES string of the molecule is C=CC(=O)N1CCN(c2nc(=O)n(-c3c(C)ccnc3C(C)C)c3c2cc(C)c2c4c(F)ccc(O)c4[nH]c(=O)c23)[C@@H](C)C1. The number of fused-ring (bicyclic) bond motifs is 5. The van der Waals surface area contributed by atoms with Crippen molar-refractivity contribution in [2.75, 3.05) is 24.5 Å². The van der Waals surface area contributed by atoms with Gasteiger partial charge in [0.25, 0.3) is 5.56 Å². The molecule has 1 fully saturated rings. The van der Waals surface area contributed by atoms with Gasteiger partial charge in [0.2, 0.25) is 5.91 Å². The van der Waals surface area contributed by atoms with Gasteiger partial charge >= 0.3 is 5.69 Å². The number of phenolic OH excluding ortho intramolecular Hbond substituents is 1. The van der Waals surface area contributed by atoms with Crippen LogP contribution in [-0.4, -0.2) is 61.1 Å². The smallest absolute Gasteiger partial charge is 0.354 e. The van der Waals surface area contributed by atoms with Gasteiger partial charge < -0.3 is 19.9 Å². The topological polar surface area (TPSA) is 124 Å². The highest BCUT2D eigenvalue weighted by atomic mass is 19.1. The van der Waals surface area contributed by atoms with Gasteiger partial charge in [-0.2, -0.15) is 4.98 Å². The first-order valence-corrected chi connectivity index (χ1v) is 14.5. The third-order valence-corrected chi connectivity index (χ3v) is 8.51. The number of aromatic nitrogens is 4. The van der Waals surface area contributed by atoms with E-state index in [0.29, 0.717) is 47.8 Å². The Labute approximate surface area is 252 Å². The molecule has 0 aliphatic carbocycles. The number of halogens is 1. The third kappa shape index (κ3) is 4.33. The van der Waals surface area contributed by atoms with Crippen LogP contribution in [0.15, 0.2) is 52.7 Å². The van der Waals surface area contributed by atoms with E-state index < -0.39 is 17.1 Å². The van der Waals surface area contributed by atoms with Crippen LogP contribution in [-0.2, 0) is 4.79 Å². The molecule has 2 N–H and O–H groups in total. The molecule has 0 unspecified atom stereocenters. The lowest BCUT2D eigenvalue weighted by molar-refractivity contribution is -0.126. The third-order valence-electron chi connectivity index (χ3n) is 8.51. The van der Waals surface area contributed by atoms with Crippen LogP contribution < -0.4 is 16.1 Å². The molecule has 1 aliphatic rings. The molecule has 11 heteroatoms. The maximum absolute atomic E-state index is 15.5. The lowest BCUT2D eigenvalue weighted by Crippen LogP contribution is -2.54. The molecule has 0 bridgehead atoms. The summed E-state index contributed by atoms with van der Waals surface area (Å²) in [6.07, 6.45) is 2.96. The number of pyridine rings is 2. The summed E-state index contributed by atoms with van der Waals surface area (Å²) in [7, 11) is 0. The Morgan fingerprint density at radius 3 is 2.57 bits per heavy atom. The van der Waals surface area contributed by atoms with Crippen LogP contribution in [0.25, 0.3) is 38.3 Å². The van der Waals surface area contributed by atoms with Crippen molar-refractivity contribution in [2.24, 2.45) is 0 Å². The van der Waals surface area contributed by atoms with Gasteiger partial charge in [0, 0.05) is 48.0 Å². The molecule has 1 aliphatic heterocycles. The van der Waals surface area contributed by atoms with E-state index in [1.165, 1.54) is 16.7 Å². The Bertz CT molecular complexity index is 2150. The minimum Gasteiger partial charge on any atom is -0.506 e. The maximum atomic E-state index is 15.5. The van der Waals surface area contributed by atoms with Crippen molar-refractivity contribution in [2.45, 2.75) is 46.6 Å². The summed E-state index contributed by atoms with van der Waals surface area (Å²) in [5.41, 5.74) is 1.50. The Hall–Kier alpha value is -5.06. The number of phenols is 1. The van der Waals surface area contributed by atoms with Crippen molar-refractivity contribution in [3.63, 3.8) is 0 Å². The minimum atomic E-state index is -0.623. The van der Waals surface area contributed by atoms with Crippen LogP contribution >= 0.6 is 0 Å². The number of benzene rings is 2. The van der Waals surface area contributed by atoms with Crippen LogP contribution in [0, 0.1) is 19.7 Å². The summed E-state index contributed by atoms with van der Waals surface area (Å²) in [6, 6.07) is 5.73. The number of aromatic hydroxyl groups is 1. The number of anilines is 1. The molecule has 1 atom stereocenters. The predicted octanol–water partition coefficient (Wildman–Crippen LogP) is 4.58. The molecule has 44 heavy (non-hydrogen) atoms. The van der Waals surface area contributed by atoms with Gasteiger partial charge in [0.15, 0.2) is 0 Å². The van der Waals surface area contributed by atoms with E-state index in [2.05, 4.69) is 21.5 Å². The predicted molar refractivity (Wildman–Crippen MR) is 170 cm³/mol. The molecule has 0 radical (unpaired) electrons. The van der Waals surface area contributed by atoms with Gasteiger partial charge in [-0.3, -0.25) is 19.1 Å². The molecule has 1 saturated heterocycles. The maximum Gasteiger partial charge on any atom is 0.354 e. The lowest BCUT2D eigenvalue weighted by Gasteiger charge is -2.40. The van der Waals surface area contributed by atoms with Crippen molar-refractivity contribution < 1.29 is 14.3 Å². The zero-order valence-electron chi connectivity index (χ0n) is 25.2. The second-order valence-corrected chi connectivity index (χ2v) is 11.7. The summed E-state index contributed by atoms with van der Waals surface area (Å²) in [6.45, 7) is 14.3. The molecule has 5 aromatic rings. The summed E-state index contributed by atoms with van der Waals surface area (Å²) >= 11 is 0. The van der Waals surface area contributed by atoms with E-state index in [9.17, 15) is 19.5 Å². The normalized spacial score (nSPS) is 15.6. The molecule has 1 amide bonds. The van der Waals surface area contributed by atoms with E-state index in [4.69, 9.17) is 0 Å². The fourth-order valence-corrected chi connectivity index (χ4v) is 6.48. The molecule has 6 rings (SSSR count). The highest BCUT2D eigenvalue weighted by molar-refractivity contribution is 6.19. The summed E-state index contributed by atoms with van der Waals surface area (Å²) in [5, 5.41) is 11.5. The average molecular weight is 597 g/mol. The number of nitrogens with zero attached hydrogens (tertiary/aromatic N) is 5. The van der Waals surface area contributed by atoms with E-state index in [1.54, 1.807) is 24.1 Å². The van der Waals surface area contributed by atoms with Gasteiger partial charge in [-0.1, -0.05) is 20.4 Å². The lowest BCUT2D eigenvalue weighted by atomic mass is 9.96. The van der Waals surface area contributed by atoms with Gasteiger partial charge in [0.1, 0.15) is 17.4 Å². The molecule has 10 nitrogen and oxygen atoms in total. The molecular weight excluding hydrogens is 563 g/mol.